The highest BCUT2D eigenvalue weighted by Crippen LogP contribution is 2.31. The molecule has 2 aromatic carbocycles. The number of halogens is 1. The summed E-state index contributed by atoms with van der Waals surface area (Å²) in [5, 5.41) is 3.71. The Morgan fingerprint density at radius 1 is 1.07 bits per heavy atom. The van der Waals surface area contributed by atoms with E-state index in [-0.39, 0.29) is 18.6 Å². The van der Waals surface area contributed by atoms with E-state index in [1.165, 1.54) is 0 Å². The first-order valence-electron chi connectivity index (χ1n) is 8.80. The third-order valence-corrected chi connectivity index (χ3v) is 4.93. The van der Waals surface area contributed by atoms with Gasteiger partial charge in [-0.2, -0.15) is 0 Å². The summed E-state index contributed by atoms with van der Waals surface area (Å²) in [5.41, 5.74) is 2.79. The summed E-state index contributed by atoms with van der Waals surface area (Å²) in [5.74, 6) is 1.72. The van der Waals surface area contributed by atoms with Crippen molar-refractivity contribution in [3.05, 3.63) is 52.0 Å². The molecule has 0 aromatic heterocycles. The van der Waals surface area contributed by atoms with Gasteiger partial charge in [0, 0.05) is 5.02 Å². The summed E-state index contributed by atoms with van der Waals surface area (Å²) in [6.45, 7) is 5.76. The first-order valence-corrected chi connectivity index (χ1v) is 9.18. The zero-order valence-corrected chi connectivity index (χ0v) is 17.1. The van der Waals surface area contributed by atoms with E-state index in [4.69, 9.17) is 25.8 Å². The van der Waals surface area contributed by atoms with Gasteiger partial charge in [0.05, 0.1) is 20.3 Å². The van der Waals surface area contributed by atoms with Crippen LogP contribution < -0.4 is 19.5 Å². The fourth-order valence-electron chi connectivity index (χ4n) is 2.87. The lowest BCUT2D eigenvalue weighted by molar-refractivity contribution is -0.123. The van der Waals surface area contributed by atoms with Gasteiger partial charge in [-0.3, -0.25) is 4.79 Å². The molecule has 6 heteroatoms. The van der Waals surface area contributed by atoms with Crippen molar-refractivity contribution in [2.45, 2.75) is 33.2 Å². The smallest absolute Gasteiger partial charge is 0.258 e. The van der Waals surface area contributed by atoms with E-state index in [2.05, 4.69) is 5.32 Å². The van der Waals surface area contributed by atoms with Crippen LogP contribution in [0.15, 0.2) is 30.3 Å². The molecule has 0 radical (unpaired) electrons. The second kappa shape index (κ2) is 9.51. The highest BCUT2D eigenvalue weighted by Gasteiger charge is 2.16. The van der Waals surface area contributed by atoms with Gasteiger partial charge in [0.1, 0.15) is 5.75 Å². The maximum atomic E-state index is 12.4. The standard InChI is InChI=1S/C21H26ClNO4/c1-6-17(15-7-8-18(25-4)19(11-15)26-5)23-20(24)12-27-16-9-13(2)21(22)14(3)10-16/h7-11,17H,6,12H2,1-5H3,(H,23,24). The fraction of sp³-hybridized carbons (Fsp3) is 0.381. The molecule has 2 rings (SSSR count). The van der Waals surface area contributed by atoms with Crippen molar-refractivity contribution < 1.29 is 19.0 Å². The molecule has 2 aromatic rings. The first kappa shape index (κ1) is 20.9. The zero-order chi connectivity index (χ0) is 20.0. The third-order valence-electron chi connectivity index (χ3n) is 4.33. The monoisotopic (exact) mass is 391 g/mol. The maximum Gasteiger partial charge on any atom is 0.258 e. The number of hydrogen-bond acceptors (Lipinski definition) is 4. The summed E-state index contributed by atoms with van der Waals surface area (Å²) in [7, 11) is 3.18. The minimum absolute atomic E-state index is 0.0652. The van der Waals surface area contributed by atoms with Gasteiger partial charge in [0.2, 0.25) is 0 Å². The number of aryl methyl sites for hydroxylation is 2. The van der Waals surface area contributed by atoms with E-state index in [0.29, 0.717) is 22.3 Å². The van der Waals surface area contributed by atoms with E-state index in [9.17, 15) is 4.79 Å². The van der Waals surface area contributed by atoms with Crippen LogP contribution >= 0.6 is 11.6 Å². The summed E-state index contributed by atoms with van der Waals surface area (Å²) in [4.78, 5) is 12.4. The van der Waals surface area contributed by atoms with Gasteiger partial charge in [-0.1, -0.05) is 24.6 Å². The number of rotatable bonds is 8. The Bertz CT molecular complexity index is 784. The Morgan fingerprint density at radius 2 is 1.70 bits per heavy atom. The second-order valence-corrected chi connectivity index (χ2v) is 6.68. The summed E-state index contributed by atoms with van der Waals surface area (Å²) >= 11 is 6.16. The number of ether oxygens (including phenoxy) is 3. The number of nitrogens with one attached hydrogen (secondary N) is 1. The van der Waals surface area contributed by atoms with Crippen LogP contribution in [0.2, 0.25) is 5.02 Å². The predicted molar refractivity (Wildman–Crippen MR) is 107 cm³/mol. The minimum Gasteiger partial charge on any atom is -0.493 e. The van der Waals surface area contributed by atoms with Gasteiger partial charge < -0.3 is 19.5 Å². The van der Waals surface area contributed by atoms with Crippen LogP contribution in [0.4, 0.5) is 0 Å². The molecule has 0 bridgehead atoms. The predicted octanol–water partition coefficient (Wildman–Crippen LogP) is 4.62. The number of hydrogen-bond donors (Lipinski definition) is 1. The van der Waals surface area contributed by atoms with Crippen molar-refractivity contribution >= 4 is 17.5 Å². The Morgan fingerprint density at radius 3 is 2.26 bits per heavy atom. The van der Waals surface area contributed by atoms with Crippen LogP contribution in [0.3, 0.4) is 0 Å². The molecule has 0 heterocycles. The number of benzene rings is 2. The van der Waals surface area contributed by atoms with Crippen LogP contribution in [0.1, 0.15) is 36.1 Å². The van der Waals surface area contributed by atoms with Gasteiger partial charge in [-0.15, -0.1) is 0 Å². The SMILES string of the molecule is CCC(NC(=O)COc1cc(C)c(Cl)c(C)c1)c1ccc(OC)c(OC)c1. The van der Waals surface area contributed by atoms with Gasteiger partial charge in [-0.25, -0.2) is 0 Å². The molecule has 5 nitrogen and oxygen atoms in total. The number of carbonyl (C=O) groups excluding carboxylic acids is 1. The minimum atomic E-state index is -0.193. The number of carbonyl (C=O) groups is 1. The van der Waals surface area contributed by atoms with Crippen LogP contribution in [0.25, 0.3) is 0 Å². The van der Waals surface area contributed by atoms with E-state index in [1.807, 2.05) is 51.1 Å². The Labute approximate surface area is 165 Å². The number of amides is 1. The van der Waals surface area contributed by atoms with Crippen LogP contribution in [-0.2, 0) is 4.79 Å². The molecule has 0 aliphatic carbocycles. The van der Waals surface area contributed by atoms with Gasteiger partial charge in [-0.05, 0) is 61.2 Å². The maximum absolute atomic E-state index is 12.4. The van der Waals surface area contributed by atoms with Crippen molar-refractivity contribution in [1.29, 1.82) is 0 Å². The van der Waals surface area contributed by atoms with E-state index < -0.39 is 0 Å². The van der Waals surface area contributed by atoms with Crippen LogP contribution in [0.5, 0.6) is 17.2 Å². The van der Waals surface area contributed by atoms with Crippen LogP contribution in [-0.4, -0.2) is 26.7 Å². The zero-order valence-electron chi connectivity index (χ0n) is 16.4. The molecule has 1 unspecified atom stereocenters. The summed E-state index contributed by atoms with van der Waals surface area (Å²) in [6, 6.07) is 9.14. The normalized spacial score (nSPS) is 11.6. The van der Waals surface area contributed by atoms with Crippen molar-refractivity contribution in [3.63, 3.8) is 0 Å². The molecule has 0 saturated carbocycles. The lowest BCUT2D eigenvalue weighted by Crippen LogP contribution is -2.32. The molecule has 1 amide bonds. The molecule has 0 saturated heterocycles. The van der Waals surface area contributed by atoms with Crippen molar-refractivity contribution in [1.82, 2.24) is 5.32 Å². The third kappa shape index (κ3) is 5.30. The van der Waals surface area contributed by atoms with E-state index in [1.54, 1.807) is 14.2 Å². The first-order chi connectivity index (χ1) is 12.9. The molecule has 0 spiro atoms. The lowest BCUT2D eigenvalue weighted by Gasteiger charge is -2.19. The van der Waals surface area contributed by atoms with Crippen molar-refractivity contribution in [3.8, 4) is 17.2 Å². The molecular formula is C21H26ClNO4. The Hall–Kier alpha value is -2.40. The van der Waals surface area contributed by atoms with Crippen LogP contribution in [0, 0.1) is 13.8 Å². The largest absolute Gasteiger partial charge is 0.493 e. The average molecular weight is 392 g/mol. The highest BCUT2D eigenvalue weighted by atomic mass is 35.5. The summed E-state index contributed by atoms with van der Waals surface area (Å²) < 4.78 is 16.2. The van der Waals surface area contributed by atoms with Gasteiger partial charge in [0.15, 0.2) is 18.1 Å². The average Bonchev–Trinajstić information content (AvgIpc) is 2.67. The molecule has 1 N–H and O–H groups in total. The highest BCUT2D eigenvalue weighted by molar-refractivity contribution is 6.32. The molecule has 0 aliphatic rings. The molecular weight excluding hydrogens is 366 g/mol. The number of methoxy groups -OCH3 is 2. The van der Waals surface area contributed by atoms with Gasteiger partial charge >= 0.3 is 0 Å². The van der Waals surface area contributed by atoms with E-state index >= 15 is 0 Å². The van der Waals surface area contributed by atoms with Gasteiger partial charge in [0.25, 0.3) is 5.91 Å². The molecule has 0 fully saturated rings. The second-order valence-electron chi connectivity index (χ2n) is 6.30. The molecule has 1 atom stereocenters. The van der Waals surface area contributed by atoms with Crippen molar-refractivity contribution in [2.75, 3.05) is 20.8 Å². The lowest BCUT2D eigenvalue weighted by atomic mass is 10.0. The van der Waals surface area contributed by atoms with E-state index in [0.717, 1.165) is 23.1 Å². The molecule has 27 heavy (non-hydrogen) atoms. The van der Waals surface area contributed by atoms with Crippen molar-refractivity contribution in [2.24, 2.45) is 0 Å². The Balaban J connectivity index is 2.03. The molecule has 146 valence electrons. The fourth-order valence-corrected chi connectivity index (χ4v) is 2.97. The Kier molecular flexibility index (Phi) is 7.36. The molecule has 0 aliphatic heterocycles. The topological polar surface area (TPSA) is 56.8 Å². The quantitative estimate of drug-likeness (QED) is 0.713. The summed E-state index contributed by atoms with van der Waals surface area (Å²) in [6.07, 6.45) is 0.736.